The number of rotatable bonds is 3. The van der Waals surface area contributed by atoms with Gasteiger partial charge < -0.3 is 9.16 Å². The van der Waals surface area contributed by atoms with Crippen LogP contribution in [0.4, 0.5) is 0 Å². The second-order valence-corrected chi connectivity index (χ2v) is 13.1. The summed E-state index contributed by atoms with van der Waals surface area (Å²) in [5.74, 6) is 1.91. The van der Waals surface area contributed by atoms with E-state index in [-0.39, 0.29) is 5.04 Å². The molecule has 0 aliphatic carbocycles. The lowest BCUT2D eigenvalue weighted by molar-refractivity contribution is 0.298. The minimum Gasteiger partial charge on any atom is -0.543 e. The molecule has 2 aromatic rings. The first-order chi connectivity index (χ1) is 11.6. The first-order valence-electron chi connectivity index (χ1n) is 8.85. The molecule has 1 heterocycles. The Morgan fingerprint density at radius 3 is 2.44 bits per heavy atom. The lowest BCUT2D eigenvalue weighted by atomic mass is 9.93. The van der Waals surface area contributed by atoms with Crippen molar-refractivity contribution in [1.29, 1.82) is 0 Å². The summed E-state index contributed by atoms with van der Waals surface area (Å²) < 4.78 is 12.7. The van der Waals surface area contributed by atoms with Crippen LogP contribution in [0.25, 0.3) is 17.2 Å². The van der Waals surface area contributed by atoms with Crippen LogP contribution < -0.4 is 9.16 Å². The highest BCUT2D eigenvalue weighted by molar-refractivity contribution is 6.74. The largest absolute Gasteiger partial charge is 0.543 e. The van der Waals surface area contributed by atoms with Gasteiger partial charge in [-0.05, 0) is 59.9 Å². The van der Waals surface area contributed by atoms with E-state index in [0.29, 0.717) is 6.61 Å². The highest BCUT2D eigenvalue weighted by atomic mass is 28.4. The van der Waals surface area contributed by atoms with Crippen molar-refractivity contribution < 1.29 is 9.16 Å². The van der Waals surface area contributed by atoms with Crippen molar-refractivity contribution in [2.24, 2.45) is 0 Å². The van der Waals surface area contributed by atoms with Crippen LogP contribution >= 0.6 is 0 Å². The fourth-order valence-electron chi connectivity index (χ4n) is 2.88. The van der Waals surface area contributed by atoms with Crippen molar-refractivity contribution in [3.8, 4) is 22.6 Å². The zero-order chi connectivity index (χ0) is 18.4. The third-order valence-corrected chi connectivity index (χ3v) is 9.90. The first kappa shape index (κ1) is 17.8. The molecule has 0 saturated heterocycles. The Morgan fingerprint density at radius 1 is 1.12 bits per heavy atom. The maximum Gasteiger partial charge on any atom is 0.250 e. The summed E-state index contributed by atoms with van der Waals surface area (Å²) in [5, 5.41) is 0.171. The third-order valence-electron chi connectivity index (χ3n) is 5.55. The van der Waals surface area contributed by atoms with Gasteiger partial charge in [0, 0.05) is 11.1 Å². The molecule has 132 valence electrons. The Labute approximate surface area is 152 Å². The van der Waals surface area contributed by atoms with E-state index in [1.165, 1.54) is 11.1 Å². The Morgan fingerprint density at radius 2 is 1.80 bits per heavy atom. The summed E-state index contributed by atoms with van der Waals surface area (Å²) in [5.41, 5.74) is 5.83. The van der Waals surface area contributed by atoms with Crippen LogP contribution in [-0.2, 0) is 6.61 Å². The van der Waals surface area contributed by atoms with Gasteiger partial charge >= 0.3 is 0 Å². The number of fused-ring (bicyclic) bond motifs is 3. The van der Waals surface area contributed by atoms with Gasteiger partial charge in [-0.3, -0.25) is 0 Å². The Kier molecular flexibility index (Phi) is 4.32. The molecule has 0 unspecified atom stereocenters. The number of hydrogen-bond acceptors (Lipinski definition) is 2. The number of hydrogen-bond donors (Lipinski definition) is 0. The van der Waals surface area contributed by atoms with E-state index in [1.807, 2.05) is 6.08 Å². The zero-order valence-corrected chi connectivity index (χ0v) is 17.2. The Bertz CT molecular complexity index is 829. The first-order valence-corrected chi connectivity index (χ1v) is 11.8. The second-order valence-electron chi connectivity index (χ2n) is 8.34. The number of benzene rings is 2. The van der Waals surface area contributed by atoms with Crippen LogP contribution in [-0.4, -0.2) is 8.32 Å². The average Bonchev–Trinajstić information content (AvgIpc) is 2.55. The lowest BCUT2D eigenvalue weighted by Crippen LogP contribution is -2.44. The van der Waals surface area contributed by atoms with E-state index in [1.54, 1.807) is 0 Å². The maximum atomic E-state index is 6.53. The molecule has 0 fully saturated rings. The molecule has 2 nitrogen and oxygen atoms in total. The monoisotopic (exact) mass is 352 g/mol. The van der Waals surface area contributed by atoms with Crippen molar-refractivity contribution in [1.82, 2.24) is 0 Å². The standard InChI is InChI=1S/C22H28O2Si/c1-8-16-9-10-18-17(13-16)14-23-21-15(2)20(12-11-19(18)21)24-25(6,7)22(3,4)5/h8-13H,1,14H2,2-7H3. The van der Waals surface area contributed by atoms with Crippen molar-refractivity contribution in [2.45, 2.75) is 52.4 Å². The predicted octanol–water partition coefficient (Wildman–Crippen LogP) is 6.58. The van der Waals surface area contributed by atoms with Crippen LogP contribution in [0.15, 0.2) is 36.9 Å². The van der Waals surface area contributed by atoms with Gasteiger partial charge in [-0.25, -0.2) is 0 Å². The van der Waals surface area contributed by atoms with Crippen LogP contribution in [0.2, 0.25) is 18.1 Å². The summed E-state index contributed by atoms with van der Waals surface area (Å²) in [6.45, 7) is 17.9. The van der Waals surface area contributed by atoms with Crippen molar-refractivity contribution in [3.05, 3.63) is 53.6 Å². The van der Waals surface area contributed by atoms with Crippen LogP contribution in [0.3, 0.4) is 0 Å². The minimum atomic E-state index is -1.87. The lowest BCUT2D eigenvalue weighted by Gasteiger charge is -2.37. The second kappa shape index (κ2) is 6.06. The van der Waals surface area contributed by atoms with E-state index in [9.17, 15) is 0 Å². The molecule has 1 aliphatic rings. The van der Waals surface area contributed by atoms with E-state index >= 15 is 0 Å². The van der Waals surface area contributed by atoms with E-state index < -0.39 is 8.32 Å². The molecule has 0 radical (unpaired) electrons. The molecule has 0 atom stereocenters. The Balaban J connectivity index is 2.03. The van der Waals surface area contributed by atoms with Gasteiger partial charge in [-0.15, -0.1) is 0 Å². The molecular weight excluding hydrogens is 324 g/mol. The van der Waals surface area contributed by atoms with Crippen LogP contribution in [0.5, 0.6) is 11.5 Å². The van der Waals surface area contributed by atoms with Gasteiger partial charge in [-0.1, -0.05) is 45.6 Å². The topological polar surface area (TPSA) is 18.5 Å². The predicted molar refractivity (Wildman–Crippen MR) is 109 cm³/mol. The molecule has 0 saturated carbocycles. The summed E-state index contributed by atoms with van der Waals surface area (Å²) in [7, 11) is -1.87. The van der Waals surface area contributed by atoms with Crippen LogP contribution in [0, 0.1) is 6.92 Å². The normalized spacial score (nSPS) is 13.5. The van der Waals surface area contributed by atoms with E-state index in [2.05, 4.69) is 77.7 Å². The molecule has 0 amide bonds. The molecule has 25 heavy (non-hydrogen) atoms. The molecular formula is C22H28O2Si. The van der Waals surface area contributed by atoms with Crippen molar-refractivity contribution in [2.75, 3.05) is 0 Å². The van der Waals surface area contributed by atoms with E-state index in [4.69, 9.17) is 9.16 Å². The molecule has 0 spiro atoms. The molecule has 0 N–H and O–H groups in total. The molecule has 1 aliphatic heterocycles. The highest BCUT2D eigenvalue weighted by Crippen LogP contribution is 2.45. The molecule has 0 bridgehead atoms. The SMILES string of the molecule is C=Cc1ccc2c(c1)COc1c-2ccc(O[Si](C)(C)C(C)(C)C)c1C. The van der Waals surface area contributed by atoms with Crippen molar-refractivity contribution in [3.63, 3.8) is 0 Å². The van der Waals surface area contributed by atoms with Crippen LogP contribution in [0.1, 0.15) is 37.5 Å². The third kappa shape index (κ3) is 3.13. The molecule has 0 aromatic heterocycles. The fraction of sp³-hybridized carbons (Fsp3) is 0.364. The van der Waals surface area contributed by atoms with Gasteiger partial charge in [-0.2, -0.15) is 0 Å². The van der Waals surface area contributed by atoms with Gasteiger partial charge in [0.15, 0.2) is 0 Å². The number of ether oxygens (including phenoxy) is 1. The molecule has 3 rings (SSSR count). The van der Waals surface area contributed by atoms with Gasteiger partial charge in [0.05, 0.1) is 0 Å². The zero-order valence-electron chi connectivity index (χ0n) is 16.2. The molecule has 2 aromatic carbocycles. The Hall–Kier alpha value is -2.00. The smallest absolute Gasteiger partial charge is 0.250 e. The van der Waals surface area contributed by atoms with Crippen molar-refractivity contribution >= 4 is 14.4 Å². The summed E-state index contributed by atoms with van der Waals surface area (Å²) in [6, 6.07) is 10.7. The molecule has 3 heteroatoms. The summed E-state index contributed by atoms with van der Waals surface area (Å²) in [4.78, 5) is 0. The quantitative estimate of drug-likeness (QED) is 0.581. The highest BCUT2D eigenvalue weighted by Gasteiger charge is 2.39. The van der Waals surface area contributed by atoms with Gasteiger partial charge in [0.1, 0.15) is 18.1 Å². The van der Waals surface area contributed by atoms with E-state index in [0.717, 1.165) is 28.2 Å². The summed E-state index contributed by atoms with van der Waals surface area (Å²) >= 11 is 0. The minimum absolute atomic E-state index is 0.171. The fourth-order valence-corrected chi connectivity index (χ4v) is 3.96. The maximum absolute atomic E-state index is 6.53. The van der Waals surface area contributed by atoms with Gasteiger partial charge in [0.2, 0.25) is 8.32 Å². The average molecular weight is 353 g/mol. The van der Waals surface area contributed by atoms with Gasteiger partial charge in [0.25, 0.3) is 0 Å². The summed E-state index contributed by atoms with van der Waals surface area (Å²) in [6.07, 6.45) is 1.87.